The second-order valence-electron chi connectivity index (χ2n) is 8.90. The van der Waals surface area contributed by atoms with Gasteiger partial charge < -0.3 is 15.1 Å². The van der Waals surface area contributed by atoms with E-state index in [0.717, 1.165) is 37.6 Å². The third-order valence-corrected chi connectivity index (χ3v) is 5.83. The summed E-state index contributed by atoms with van der Waals surface area (Å²) in [6, 6.07) is 15.4. The zero-order chi connectivity index (χ0) is 22.4. The monoisotopic (exact) mass is 426 g/mol. The van der Waals surface area contributed by atoms with E-state index in [1.165, 1.54) is 17.7 Å². The van der Waals surface area contributed by atoms with E-state index < -0.39 is 0 Å². The maximum Gasteiger partial charge on any atom is 0.220 e. The second kappa shape index (κ2) is 10.6. The molecule has 1 amide bonds. The summed E-state index contributed by atoms with van der Waals surface area (Å²) in [6.07, 6.45) is 0.546. The van der Waals surface area contributed by atoms with Gasteiger partial charge in [0, 0.05) is 64.6 Å². The number of hydrogen-bond acceptors (Lipinski definition) is 4. The second-order valence-corrected chi connectivity index (χ2v) is 8.90. The maximum absolute atomic E-state index is 13.3. The molecule has 0 saturated carbocycles. The molecule has 0 bridgehead atoms. The number of hydrogen-bond donors (Lipinski definition) is 1. The number of rotatable bonds is 8. The first-order chi connectivity index (χ1) is 14.8. The highest BCUT2D eigenvalue weighted by molar-refractivity contribution is 5.76. The van der Waals surface area contributed by atoms with Crippen molar-refractivity contribution < 1.29 is 9.18 Å². The molecule has 5 nitrogen and oxygen atoms in total. The Labute approximate surface area is 185 Å². The molecule has 2 aromatic rings. The molecule has 0 unspecified atom stereocenters. The SMILES string of the molecule is CC(C)CC(=O)NC[C@H](c1ccc(N(C)C)cc1)N1CCN(c2ccc(F)cc2)CC1. The predicted octanol–water partition coefficient (Wildman–Crippen LogP) is 3.92. The molecule has 1 aliphatic rings. The van der Waals surface area contributed by atoms with Crippen LogP contribution in [0.15, 0.2) is 48.5 Å². The molecule has 0 spiro atoms. The largest absolute Gasteiger partial charge is 0.378 e. The average molecular weight is 427 g/mol. The van der Waals surface area contributed by atoms with Crippen LogP contribution in [0.3, 0.4) is 0 Å². The Bertz CT molecular complexity index is 828. The highest BCUT2D eigenvalue weighted by Gasteiger charge is 2.26. The highest BCUT2D eigenvalue weighted by Crippen LogP contribution is 2.26. The van der Waals surface area contributed by atoms with Gasteiger partial charge in [-0.15, -0.1) is 0 Å². The van der Waals surface area contributed by atoms with E-state index in [2.05, 4.69) is 58.1 Å². The summed E-state index contributed by atoms with van der Waals surface area (Å²) in [5.74, 6) is 0.243. The lowest BCUT2D eigenvalue weighted by atomic mass is 10.0. The van der Waals surface area contributed by atoms with Crippen molar-refractivity contribution in [2.45, 2.75) is 26.3 Å². The van der Waals surface area contributed by atoms with E-state index in [0.29, 0.717) is 18.9 Å². The van der Waals surface area contributed by atoms with Gasteiger partial charge in [0.1, 0.15) is 5.82 Å². The lowest BCUT2D eigenvalue weighted by Gasteiger charge is -2.40. The molecule has 3 rings (SSSR count). The molecule has 1 saturated heterocycles. The molecule has 168 valence electrons. The molecular weight excluding hydrogens is 391 g/mol. The number of amides is 1. The minimum Gasteiger partial charge on any atom is -0.378 e. The summed E-state index contributed by atoms with van der Waals surface area (Å²) >= 11 is 0. The van der Waals surface area contributed by atoms with E-state index >= 15 is 0 Å². The van der Waals surface area contributed by atoms with E-state index in [1.807, 2.05) is 26.2 Å². The minimum absolute atomic E-state index is 0.106. The van der Waals surface area contributed by atoms with Gasteiger partial charge in [-0.25, -0.2) is 4.39 Å². The van der Waals surface area contributed by atoms with Crippen LogP contribution in [-0.2, 0) is 4.79 Å². The molecule has 0 radical (unpaired) electrons. The van der Waals surface area contributed by atoms with Crippen molar-refractivity contribution in [3.8, 4) is 0 Å². The first-order valence-corrected chi connectivity index (χ1v) is 11.1. The van der Waals surface area contributed by atoms with E-state index in [9.17, 15) is 9.18 Å². The van der Waals surface area contributed by atoms with Gasteiger partial charge in [-0.2, -0.15) is 0 Å². The molecule has 31 heavy (non-hydrogen) atoms. The lowest BCUT2D eigenvalue weighted by Crippen LogP contribution is -2.50. The number of carbonyl (C=O) groups is 1. The Kier molecular flexibility index (Phi) is 7.91. The lowest BCUT2D eigenvalue weighted by molar-refractivity contribution is -0.122. The number of nitrogens with one attached hydrogen (secondary N) is 1. The summed E-state index contributed by atoms with van der Waals surface area (Å²) < 4.78 is 13.3. The highest BCUT2D eigenvalue weighted by atomic mass is 19.1. The van der Waals surface area contributed by atoms with E-state index in [1.54, 1.807) is 0 Å². The topological polar surface area (TPSA) is 38.8 Å². The number of nitrogens with zero attached hydrogens (tertiary/aromatic N) is 3. The fourth-order valence-corrected chi connectivity index (χ4v) is 4.05. The van der Waals surface area contributed by atoms with Gasteiger partial charge in [-0.3, -0.25) is 9.69 Å². The van der Waals surface area contributed by atoms with Crippen LogP contribution in [0.25, 0.3) is 0 Å². The molecule has 2 aromatic carbocycles. The Morgan fingerprint density at radius 2 is 1.61 bits per heavy atom. The molecule has 0 aliphatic carbocycles. The summed E-state index contributed by atoms with van der Waals surface area (Å²) in [5.41, 5.74) is 3.43. The van der Waals surface area contributed by atoms with Gasteiger partial charge >= 0.3 is 0 Å². The molecule has 0 aromatic heterocycles. The standard InChI is InChI=1S/C25H35FN4O/c1-19(2)17-25(31)27-18-24(20-5-9-22(10-6-20)28(3)4)30-15-13-29(14-16-30)23-11-7-21(26)8-12-23/h5-12,19,24H,13-18H2,1-4H3,(H,27,31)/t24-/m1/s1. The Balaban J connectivity index is 1.70. The average Bonchev–Trinajstić information content (AvgIpc) is 2.75. The summed E-state index contributed by atoms with van der Waals surface area (Å²) in [6.45, 7) is 8.24. The van der Waals surface area contributed by atoms with Crippen molar-refractivity contribution in [2.75, 3.05) is 56.6 Å². The fraction of sp³-hybridized carbons (Fsp3) is 0.480. The van der Waals surface area contributed by atoms with Gasteiger partial charge in [0.2, 0.25) is 5.91 Å². The summed E-state index contributed by atoms with van der Waals surface area (Å²) in [7, 11) is 4.07. The molecule has 1 heterocycles. The predicted molar refractivity (Wildman–Crippen MR) is 126 cm³/mol. The van der Waals surface area contributed by atoms with Crippen molar-refractivity contribution in [1.82, 2.24) is 10.2 Å². The van der Waals surface area contributed by atoms with Crippen molar-refractivity contribution in [3.63, 3.8) is 0 Å². The number of carbonyl (C=O) groups excluding carboxylic acids is 1. The van der Waals surface area contributed by atoms with Crippen LogP contribution in [0.2, 0.25) is 0 Å². The van der Waals surface area contributed by atoms with Crippen LogP contribution in [0.4, 0.5) is 15.8 Å². The van der Waals surface area contributed by atoms with Gasteiger partial charge in [0.15, 0.2) is 0 Å². The molecule has 1 atom stereocenters. The van der Waals surface area contributed by atoms with Crippen molar-refractivity contribution in [2.24, 2.45) is 5.92 Å². The summed E-state index contributed by atoms with van der Waals surface area (Å²) in [5, 5.41) is 3.15. The normalized spacial score (nSPS) is 15.7. The molecule has 1 N–H and O–H groups in total. The van der Waals surface area contributed by atoms with Crippen LogP contribution in [-0.4, -0.2) is 57.6 Å². The fourth-order valence-electron chi connectivity index (χ4n) is 4.05. The van der Waals surface area contributed by atoms with Crippen LogP contribution >= 0.6 is 0 Å². The van der Waals surface area contributed by atoms with Crippen LogP contribution in [0.1, 0.15) is 31.9 Å². The van der Waals surface area contributed by atoms with Crippen molar-refractivity contribution in [1.29, 1.82) is 0 Å². The molecular formula is C25H35FN4O. The first-order valence-electron chi connectivity index (χ1n) is 11.1. The zero-order valence-corrected chi connectivity index (χ0v) is 19.1. The maximum atomic E-state index is 13.3. The van der Waals surface area contributed by atoms with Gasteiger partial charge in [-0.1, -0.05) is 26.0 Å². The first kappa shape index (κ1) is 23.1. The number of benzene rings is 2. The molecule has 6 heteroatoms. The molecule has 1 fully saturated rings. The minimum atomic E-state index is -0.208. The number of piperazine rings is 1. The third-order valence-electron chi connectivity index (χ3n) is 5.83. The third kappa shape index (κ3) is 6.44. The van der Waals surface area contributed by atoms with Gasteiger partial charge in [-0.05, 0) is 47.9 Å². The Morgan fingerprint density at radius 3 is 2.16 bits per heavy atom. The van der Waals surface area contributed by atoms with Crippen LogP contribution in [0, 0.1) is 11.7 Å². The van der Waals surface area contributed by atoms with Gasteiger partial charge in [0.05, 0.1) is 6.04 Å². The van der Waals surface area contributed by atoms with Gasteiger partial charge in [0.25, 0.3) is 0 Å². The van der Waals surface area contributed by atoms with E-state index in [-0.39, 0.29) is 17.8 Å². The number of anilines is 2. The Hall–Kier alpha value is -2.60. The number of halogens is 1. The van der Waals surface area contributed by atoms with Crippen molar-refractivity contribution >= 4 is 17.3 Å². The van der Waals surface area contributed by atoms with E-state index in [4.69, 9.17) is 0 Å². The van der Waals surface area contributed by atoms with Crippen LogP contribution < -0.4 is 15.1 Å². The Morgan fingerprint density at radius 1 is 1.00 bits per heavy atom. The van der Waals surface area contributed by atoms with Crippen molar-refractivity contribution in [3.05, 3.63) is 59.9 Å². The quantitative estimate of drug-likeness (QED) is 0.695. The zero-order valence-electron chi connectivity index (χ0n) is 19.1. The summed E-state index contributed by atoms with van der Waals surface area (Å²) in [4.78, 5) is 19.1. The smallest absolute Gasteiger partial charge is 0.220 e. The van der Waals surface area contributed by atoms with Crippen LogP contribution in [0.5, 0.6) is 0 Å². The molecule has 1 aliphatic heterocycles.